The summed E-state index contributed by atoms with van der Waals surface area (Å²) in [5, 5.41) is 7.13. The average Bonchev–Trinajstić information content (AvgIpc) is 2.03. The zero-order chi connectivity index (χ0) is 9.40. The van der Waals surface area contributed by atoms with Crippen LogP contribution in [-0.2, 0) is 4.84 Å². The molecule has 0 saturated heterocycles. The summed E-state index contributed by atoms with van der Waals surface area (Å²) in [7, 11) is 0. The Kier molecular flexibility index (Phi) is 6.76. The molecule has 0 radical (unpaired) electrons. The van der Waals surface area contributed by atoms with E-state index in [4.69, 9.17) is 4.84 Å². The van der Waals surface area contributed by atoms with Crippen molar-refractivity contribution >= 4 is 5.71 Å². The molecule has 0 fully saturated rings. The monoisotopic (exact) mass is 172 g/mol. The Labute approximate surface area is 75.2 Å². The highest BCUT2D eigenvalue weighted by atomic mass is 16.6. The molecule has 0 aliphatic heterocycles. The van der Waals surface area contributed by atoms with Gasteiger partial charge in [0.1, 0.15) is 6.61 Å². The van der Waals surface area contributed by atoms with E-state index in [-0.39, 0.29) is 0 Å². The first-order valence-corrected chi connectivity index (χ1v) is 4.55. The second kappa shape index (κ2) is 7.10. The Morgan fingerprint density at radius 1 is 1.50 bits per heavy atom. The van der Waals surface area contributed by atoms with Crippen molar-refractivity contribution in [3.8, 4) is 0 Å². The van der Waals surface area contributed by atoms with Gasteiger partial charge in [0, 0.05) is 6.54 Å². The molecule has 0 saturated carbocycles. The molecule has 12 heavy (non-hydrogen) atoms. The van der Waals surface area contributed by atoms with Crippen molar-refractivity contribution in [2.24, 2.45) is 11.1 Å². The molecule has 0 unspecified atom stereocenters. The van der Waals surface area contributed by atoms with Crippen LogP contribution in [0.25, 0.3) is 0 Å². The quantitative estimate of drug-likeness (QED) is 0.375. The Hall–Kier alpha value is -0.570. The Morgan fingerprint density at radius 2 is 2.17 bits per heavy atom. The predicted molar refractivity (Wildman–Crippen MR) is 52.4 cm³/mol. The minimum atomic E-state index is 0.476. The van der Waals surface area contributed by atoms with E-state index in [1.54, 1.807) is 0 Å². The van der Waals surface area contributed by atoms with Gasteiger partial charge in [0.2, 0.25) is 0 Å². The number of likely N-dealkylation sites (N-methyl/N-ethyl adjacent to an activating group) is 1. The maximum absolute atomic E-state index is 5.08. The summed E-state index contributed by atoms with van der Waals surface area (Å²) in [5.74, 6) is 0.476. The van der Waals surface area contributed by atoms with E-state index in [1.165, 1.54) is 0 Å². The Bertz CT molecular complexity index is 132. The smallest absolute Gasteiger partial charge is 0.129 e. The lowest BCUT2D eigenvalue weighted by Crippen LogP contribution is -2.18. The number of nitrogens with one attached hydrogen (secondary N) is 1. The van der Waals surface area contributed by atoms with Gasteiger partial charge in [0.15, 0.2) is 0 Å². The van der Waals surface area contributed by atoms with Crippen molar-refractivity contribution in [1.82, 2.24) is 5.32 Å². The van der Waals surface area contributed by atoms with Gasteiger partial charge >= 0.3 is 0 Å². The standard InChI is InChI=1S/C9H20N2O/c1-5-10-6-7-12-11-9(4)8(2)3/h8,10H,5-7H2,1-4H3/b11-9-. The van der Waals surface area contributed by atoms with Crippen molar-refractivity contribution in [1.29, 1.82) is 0 Å². The Balaban J connectivity index is 3.34. The van der Waals surface area contributed by atoms with E-state index >= 15 is 0 Å². The lowest BCUT2D eigenvalue weighted by atomic mass is 10.1. The molecule has 0 aromatic rings. The number of rotatable bonds is 6. The lowest BCUT2D eigenvalue weighted by Gasteiger charge is -2.04. The minimum Gasteiger partial charge on any atom is -0.394 e. The van der Waals surface area contributed by atoms with E-state index < -0.39 is 0 Å². The first-order valence-electron chi connectivity index (χ1n) is 4.55. The SMILES string of the molecule is CCNCCO/N=C(/C)C(C)C. The van der Waals surface area contributed by atoms with Crippen LogP contribution in [0.5, 0.6) is 0 Å². The fourth-order valence-electron chi connectivity index (χ4n) is 0.547. The maximum atomic E-state index is 5.08. The molecule has 0 aliphatic carbocycles. The molecule has 0 aliphatic rings. The number of hydrogen-bond acceptors (Lipinski definition) is 3. The summed E-state index contributed by atoms with van der Waals surface area (Å²) < 4.78 is 0. The molecular weight excluding hydrogens is 152 g/mol. The maximum Gasteiger partial charge on any atom is 0.129 e. The molecule has 0 bridgehead atoms. The van der Waals surface area contributed by atoms with E-state index in [2.05, 4.69) is 31.2 Å². The average molecular weight is 172 g/mol. The number of nitrogens with zero attached hydrogens (tertiary/aromatic N) is 1. The van der Waals surface area contributed by atoms with Crippen LogP contribution in [0.1, 0.15) is 27.7 Å². The fraction of sp³-hybridized carbons (Fsp3) is 0.889. The molecule has 0 spiro atoms. The second-order valence-electron chi connectivity index (χ2n) is 3.07. The number of oxime groups is 1. The molecule has 0 aromatic carbocycles. The van der Waals surface area contributed by atoms with E-state index in [0.29, 0.717) is 12.5 Å². The zero-order valence-electron chi connectivity index (χ0n) is 8.55. The van der Waals surface area contributed by atoms with Gasteiger partial charge in [0.25, 0.3) is 0 Å². The molecule has 1 N–H and O–H groups in total. The van der Waals surface area contributed by atoms with Crippen LogP contribution < -0.4 is 5.32 Å². The van der Waals surface area contributed by atoms with Crippen LogP contribution in [0.2, 0.25) is 0 Å². The largest absolute Gasteiger partial charge is 0.394 e. The van der Waals surface area contributed by atoms with Crippen LogP contribution in [-0.4, -0.2) is 25.4 Å². The summed E-state index contributed by atoms with van der Waals surface area (Å²) in [6.07, 6.45) is 0. The van der Waals surface area contributed by atoms with Crippen molar-refractivity contribution in [2.45, 2.75) is 27.7 Å². The summed E-state index contributed by atoms with van der Waals surface area (Å²) in [5.41, 5.74) is 1.05. The van der Waals surface area contributed by atoms with Gasteiger partial charge in [-0.2, -0.15) is 0 Å². The van der Waals surface area contributed by atoms with Gasteiger partial charge in [-0.05, 0) is 19.4 Å². The molecule has 3 heteroatoms. The molecule has 0 aromatic heterocycles. The highest BCUT2D eigenvalue weighted by Crippen LogP contribution is 1.95. The first kappa shape index (κ1) is 11.4. The van der Waals surface area contributed by atoms with Crippen LogP contribution in [0, 0.1) is 5.92 Å². The number of hydrogen-bond donors (Lipinski definition) is 1. The third-order valence-corrected chi connectivity index (χ3v) is 1.66. The predicted octanol–water partition coefficient (Wildman–Crippen LogP) is 1.64. The van der Waals surface area contributed by atoms with E-state index in [9.17, 15) is 0 Å². The van der Waals surface area contributed by atoms with Crippen LogP contribution >= 0.6 is 0 Å². The van der Waals surface area contributed by atoms with Crippen molar-refractivity contribution in [3.05, 3.63) is 0 Å². The summed E-state index contributed by atoms with van der Waals surface area (Å²) in [6, 6.07) is 0. The van der Waals surface area contributed by atoms with Crippen molar-refractivity contribution in [3.63, 3.8) is 0 Å². The molecule has 3 nitrogen and oxygen atoms in total. The van der Waals surface area contributed by atoms with Crippen molar-refractivity contribution < 1.29 is 4.84 Å². The fourth-order valence-corrected chi connectivity index (χ4v) is 0.547. The van der Waals surface area contributed by atoms with Gasteiger partial charge < -0.3 is 10.2 Å². The molecule has 72 valence electrons. The molecular formula is C9H20N2O. The normalized spacial score (nSPS) is 12.2. The van der Waals surface area contributed by atoms with Gasteiger partial charge in [-0.15, -0.1) is 0 Å². The topological polar surface area (TPSA) is 33.6 Å². The third kappa shape index (κ3) is 6.16. The van der Waals surface area contributed by atoms with Crippen molar-refractivity contribution in [2.75, 3.05) is 19.7 Å². The third-order valence-electron chi connectivity index (χ3n) is 1.66. The van der Waals surface area contributed by atoms with Gasteiger partial charge in [-0.3, -0.25) is 0 Å². The highest BCUT2D eigenvalue weighted by Gasteiger charge is 1.97. The molecule has 0 atom stereocenters. The van der Waals surface area contributed by atoms with E-state index in [0.717, 1.165) is 18.8 Å². The molecule has 0 heterocycles. The first-order chi connectivity index (χ1) is 5.68. The summed E-state index contributed by atoms with van der Waals surface area (Å²) >= 11 is 0. The summed E-state index contributed by atoms with van der Waals surface area (Å²) in [4.78, 5) is 5.08. The molecule has 0 rings (SSSR count). The Morgan fingerprint density at radius 3 is 2.67 bits per heavy atom. The zero-order valence-corrected chi connectivity index (χ0v) is 8.55. The molecule has 0 amide bonds. The minimum absolute atomic E-state index is 0.476. The van der Waals surface area contributed by atoms with Crippen LogP contribution in [0.3, 0.4) is 0 Å². The van der Waals surface area contributed by atoms with Gasteiger partial charge in [-0.1, -0.05) is 25.9 Å². The second-order valence-corrected chi connectivity index (χ2v) is 3.07. The van der Waals surface area contributed by atoms with Crippen LogP contribution in [0.4, 0.5) is 0 Å². The van der Waals surface area contributed by atoms with Gasteiger partial charge in [-0.25, -0.2) is 0 Å². The van der Waals surface area contributed by atoms with Gasteiger partial charge in [0.05, 0.1) is 5.71 Å². The van der Waals surface area contributed by atoms with Crippen LogP contribution in [0.15, 0.2) is 5.16 Å². The summed E-state index contributed by atoms with van der Waals surface area (Å²) in [6.45, 7) is 10.8. The lowest BCUT2D eigenvalue weighted by molar-refractivity contribution is 0.145. The van der Waals surface area contributed by atoms with E-state index in [1.807, 2.05) is 6.92 Å². The highest BCUT2D eigenvalue weighted by molar-refractivity contribution is 5.83.